The lowest BCUT2D eigenvalue weighted by Gasteiger charge is -2.13. The number of H-pyrrole nitrogens is 1. The van der Waals surface area contributed by atoms with Gasteiger partial charge in [0.1, 0.15) is 17.5 Å². The van der Waals surface area contributed by atoms with Crippen molar-refractivity contribution < 1.29 is 9.18 Å². The first-order chi connectivity index (χ1) is 13.1. The number of nitriles is 1. The van der Waals surface area contributed by atoms with Crippen LogP contribution in [0.3, 0.4) is 0 Å². The molecule has 2 N–H and O–H groups in total. The number of rotatable bonds is 5. The maximum atomic E-state index is 13.1. The average Bonchev–Trinajstić information content (AvgIpc) is 3.15. The summed E-state index contributed by atoms with van der Waals surface area (Å²) in [5.41, 5.74) is 2.78. The molecule has 0 fully saturated rings. The van der Waals surface area contributed by atoms with Crippen LogP contribution in [0.25, 0.3) is 17.3 Å². The van der Waals surface area contributed by atoms with Crippen molar-refractivity contribution in [2.45, 2.75) is 13.0 Å². The maximum Gasteiger partial charge on any atom is 0.262 e. The fourth-order valence-corrected chi connectivity index (χ4v) is 2.66. The van der Waals surface area contributed by atoms with Crippen molar-refractivity contribution in [3.63, 3.8) is 0 Å². The zero-order chi connectivity index (χ0) is 19.2. The molecule has 1 aromatic heterocycles. The van der Waals surface area contributed by atoms with Crippen molar-refractivity contribution in [2.24, 2.45) is 0 Å². The molecule has 1 heterocycles. The van der Waals surface area contributed by atoms with E-state index >= 15 is 0 Å². The fourth-order valence-electron chi connectivity index (χ4n) is 2.66. The highest BCUT2D eigenvalue weighted by atomic mass is 19.1. The minimum atomic E-state index is -0.472. The van der Waals surface area contributed by atoms with Gasteiger partial charge in [-0.1, -0.05) is 30.3 Å². The summed E-state index contributed by atoms with van der Waals surface area (Å²) >= 11 is 0. The number of nitrogens with one attached hydrogen (secondary N) is 2. The largest absolute Gasteiger partial charge is 0.345 e. The van der Waals surface area contributed by atoms with Gasteiger partial charge in [-0.15, -0.1) is 0 Å². The first kappa shape index (κ1) is 18.1. The van der Waals surface area contributed by atoms with Crippen LogP contribution in [0.2, 0.25) is 0 Å². The van der Waals surface area contributed by atoms with Gasteiger partial charge in [-0.3, -0.25) is 9.89 Å². The summed E-state index contributed by atoms with van der Waals surface area (Å²) in [6.07, 6.45) is 2.99. The third kappa shape index (κ3) is 4.28. The summed E-state index contributed by atoms with van der Waals surface area (Å²) < 4.78 is 13.1. The summed E-state index contributed by atoms with van der Waals surface area (Å²) in [7, 11) is 0. The number of aromatic nitrogens is 2. The van der Waals surface area contributed by atoms with Gasteiger partial charge in [-0.25, -0.2) is 4.39 Å². The smallest absolute Gasteiger partial charge is 0.262 e. The third-order valence-electron chi connectivity index (χ3n) is 4.11. The first-order valence-corrected chi connectivity index (χ1v) is 8.35. The van der Waals surface area contributed by atoms with E-state index in [1.165, 1.54) is 24.4 Å². The number of carbonyl (C=O) groups excluding carboxylic acids is 1. The van der Waals surface area contributed by atoms with Crippen LogP contribution in [0.5, 0.6) is 0 Å². The van der Waals surface area contributed by atoms with Crippen molar-refractivity contribution in [1.29, 1.82) is 5.26 Å². The van der Waals surface area contributed by atoms with Gasteiger partial charge in [0, 0.05) is 11.1 Å². The molecule has 6 heteroatoms. The van der Waals surface area contributed by atoms with Gasteiger partial charge in [0.15, 0.2) is 0 Å². The minimum absolute atomic E-state index is 0.0393. The predicted molar refractivity (Wildman–Crippen MR) is 101 cm³/mol. The number of halogens is 1. The molecule has 0 saturated carbocycles. The molecule has 0 spiro atoms. The monoisotopic (exact) mass is 360 g/mol. The quantitative estimate of drug-likeness (QED) is 0.533. The molecule has 5 nitrogen and oxygen atoms in total. The lowest BCUT2D eigenvalue weighted by molar-refractivity contribution is -0.117. The minimum Gasteiger partial charge on any atom is -0.345 e. The number of aromatic amines is 1. The van der Waals surface area contributed by atoms with E-state index in [0.717, 1.165) is 5.56 Å². The normalized spacial score (nSPS) is 12.3. The molecule has 0 bridgehead atoms. The lowest BCUT2D eigenvalue weighted by Crippen LogP contribution is -2.27. The molecular formula is C21H17FN4O. The molecule has 0 saturated heterocycles. The third-order valence-corrected chi connectivity index (χ3v) is 4.11. The van der Waals surface area contributed by atoms with E-state index in [1.807, 2.05) is 43.3 Å². The molecule has 1 amide bonds. The van der Waals surface area contributed by atoms with Gasteiger partial charge in [0.2, 0.25) is 0 Å². The van der Waals surface area contributed by atoms with E-state index < -0.39 is 5.91 Å². The Kier molecular flexibility index (Phi) is 5.43. The summed E-state index contributed by atoms with van der Waals surface area (Å²) in [6.45, 7) is 1.85. The summed E-state index contributed by atoms with van der Waals surface area (Å²) in [5.74, 6) is -0.817. The van der Waals surface area contributed by atoms with Gasteiger partial charge < -0.3 is 5.32 Å². The van der Waals surface area contributed by atoms with E-state index in [-0.39, 0.29) is 17.4 Å². The van der Waals surface area contributed by atoms with Crippen LogP contribution in [0, 0.1) is 17.1 Å². The molecule has 2 aromatic carbocycles. The zero-order valence-corrected chi connectivity index (χ0v) is 14.6. The van der Waals surface area contributed by atoms with Crippen LogP contribution >= 0.6 is 0 Å². The Labute approximate surface area is 156 Å². The molecule has 0 radical (unpaired) electrons. The van der Waals surface area contributed by atoms with Gasteiger partial charge in [-0.05, 0) is 42.8 Å². The van der Waals surface area contributed by atoms with E-state index in [9.17, 15) is 14.4 Å². The number of carbonyl (C=O) groups is 1. The van der Waals surface area contributed by atoms with Crippen LogP contribution in [-0.2, 0) is 4.79 Å². The molecule has 3 aromatic rings. The van der Waals surface area contributed by atoms with Crippen molar-refractivity contribution >= 4 is 12.0 Å². The first-order valence-electron chi connectivity index (χ1n) is 8.35. The molecule has 0 aliphatic carbocycles. The molecule has 0 aliphatic heterocycles. The number of hydrogen-bond donors (Lipinski definition) is 2. The van der Waals surface area contributed by atoms with Gasteiger partial charge in [0.25, 0.3) is 5.91 Å². The highest BCUT2D eigenvalue weighted by Crippen LogP contribution is 2.23. The second kappa shape index (κ2) is 8.11. The summed E-state index contributed by atoms with van der Waals surface area (Å²) in [6, 6.07) is 17.1. The van der Waals surface area contributed by atoms with Crippen molar-refractivity contribution in [3.05, 3.63) is 83.3 Å². The molecular weight excluding hydrogens is 343 g/mol. The molecule has 27 heavy (non-hydrogen) atoms. The number of hydrogen-bond acceptors (Lipinski definition) is 3. The molecule has 0 aliphatic rings. The van der Waals surface area contributed by atoms with Crippen molar-refractivity contribution in [2.75, 3.05) is 0 Å². The Morgan fingerprint density at radius 2 is 1.93 bits per heavy atom. The van der Waals surface area contributed by atoms with Gasteiger partial charge in [-0.2, -0.15) is 10.4 Å². The average molecular weight is 360 g/mol. The Morgan fingerprint density at radius 1 is 1.22 bits per heavy atom. The highest BCUT2D eigenvalue weighted by Gasteiger charge is 2.15. The van der Waals surface area contributed by atoms with Crippen LogP contribution in [0.1, 0.15) is 24.1 Å². The number of amides is 1. The lowest BCUT2D eigenvalue weighted by atomic mass is 10.0. The topological polar surface area (TPSA) is 81.6 Å². The Morgan fingerprint density at radius 3 is 2.59 bits per heavy atom. The van der Waals surface area contributed by atoms with E-state index in [4.69, 9.17) is 0 Å². The van der Waals surface area contributed by atoms with E-state index in [0.29, 0.717) is 16.8 Å². The highest BCUT2D eigenvalue weighted by molar-refractivity contribution is 6.02. The van der Waals surface area contributed by atoms with Crippen LogP contribution < -0.4 is 5.32 Å². The fraction of sp³-hybridized carbons (Fsp3) is 0.0952. The van der Waals surface area contributed by atoms with E-state index in [2.05, 4.69) is 15.5 Å². The Bertz CT molecular complexity index is 1000. The predicted octanol–water partition coefficient (Wildman–Crippen LogP) is 4.00. The molecule has 3 rings (SSSR count). The SMILES string of the molecule is CC(NC(=O)/C(C#N)=C/c1cn[nH]c1-c1ccc(F)cc1)c1ccccc1. The second-order valence-electron chi connectivity index (χ2n) is 5.98. The van der Waals surface area contributed by atoms with Crippen LogP contribution in [-0.4, -0.2) is 16.1 Å². The summed E-state index contributed by atoms with van der Waals surface area (Å²) in [5, 5.41) is 19.0. The van der Waals surface area contributed by atoms with Gasteiger partial charge in [0.05, 0.1) is 17.9 Å². The van der Waals surface area contributed by atoms with Crippen molar-refractivity contribution in [3.8, 4) is 17.3 Å². The molecule has 1 unspecified atom stereocenters. The Balaban J connectivity index is 1.83. The molecule has 134 valence electrons. The Hall–Kier alpha value is -3.72. The number of benzene rings is 2. The van der Waals surface area contributed by atoms with Crippen molar-refractivity contribution in [1.82, 2.24) is 15.5 Å². The van der Waals surface area contributed by atoms with Crippen LogP contribution in [0.4, 0.5) is 4.39 Å². The van der Waals surface area contributed by atoms with Gasteiger partial charge >= 0.3 is 0 Å². The standard InChI is InChI=1S/C21H17FN4O/c1-14(15-5-3-2-4-6-15)25-21(27)17(12-23)11-18-13-24-26-20(18)16-7-9-19(22)10-8-16/h2-11,13-14H,1H3,(H,24,26)(H,25,27)/b17-11+. The maximum absolute atomic E-state index is 13.1. The zero-order valence-electron chi connectivity index (χ0n) is 14.6. The second-order valence-corrected chi connectivity index (χ2v) is 5.98. The van der Waals surface area contributed by atoms with E-state index in [1.54, 1.807) is 12.1 Å². The number of nitrogens with zero attached hydrogens (tertiary/aromatic N) is 2. The van der Waals surface area contributed by atoms with Crippen LogP contribution in [0.15, 0.2) is 66.4 Å². The summed E-state index contributed by atoms with van der Waals surface area (Å²) in [4.78, 5) is 12.5. The molecule has 1 atom stereocenters.